The number of rotatable bonds is 2. The van der Waals surface area contributed by atoms with E-state index >= 15 is 0 Å². The molecule has 1 fully saturated rings. The number of carbonyl (C=O) groups excluding carboxylic acids is 1. The van der Waals surface area contributed by atoms with E-state index in [1.807, 2.05) is 0 Å². The molecule has 0 amide bonds. The third kappa shape index (κ3) is 2.42. The first-order valence-corrected chi connectivity index (χ1v) is 5.99. The van der Waals surface area contributed by atoms with Gasteiger partial charge in [-0.1, -0.05) is 12.1 Å². The van der Waals surface area contributed by atoms with Gasteiger partial charge in [-0.25, -0.2) is 4.39 Å². The summed E-state index contributed by atoms with van der Waals surface area (Å²) in [5, 5.41) is 9.19. The molecule has 0 heterocycles. The van der Waals surface area contributed by atoms with Crippen molar-refractivity contribution in [3.63, 3.8) is 0 Å². The molecule has 0 bridgehead atoms. The van der Waals surface area contributed by atoms with Crippen LogP contribution in [-0.4, -0.2) is 16.9 Å². The van der Waals surface area contributed by atoms with Gasteiger partial charge in [0.25, 0.3) is 0 Å². The molecular formula is C14H15FO3. The highest BCUT2D eigenvalue weighted by molar-refractivity contribution is 5.83. The Balaban J connectivity index is 2.34. The lowest BCUT2D eigenvalue weighted by molar-refractivity contribution is -0.144. The van der Waals surface area contributed by atoms with Gasteiger partial charge in [0.2, 0.25) is 0 Å². The molecule has 1 N–H and O–H groups in total. The van der Waals surface area contributed by atoms with Gasteiger partial charge in [-0.3, -0.25) is 9.59 Å². The van der Waals surface area contributed by atoms with E-state index in [2.05, 4.69) is 0 Å². The summed E-state index contributed by atoms with van der Waals surface area (Å²) in [5.74, 6) is -1.99. The first kappa shape index (κ1) is 12.7. The Morgan fingerprint density at radius 3 is 2.78 bits per heavy atom. The number of carboxylic acid groups (broad SMARTS) is 1. The molecule has 0 aliphatic heterocycles. The molecule has 0 aromatic heterocycles. The lowest BCUT2D eigenvalue weighted by Crippen LogP contribution is -2.29. The van der Waals surface area contributed by atoms with Crippen molar-refractivity contribution in [1.82, 2.24) is 0 Å². The SMILES string of the molecule is Cc1cc(C2CC(=O)CCC2C(=O)O)ccc1F. The highest BCUT2D eigenvalue weighted by Crippen LogP contribution is 2.36. The fourth-order valence-electron chi connectivity index (χ4n) is 2.55. The first-order valence-electron chi connectivity index (χ1n) is 5.99. The Labute approximate surface area is 105 Å². The number of aryl methyl sites for hydroxylation is 1. The van der Waals surface area contributed by atoms with Gasteiger partial charge in [-0.15, -0.1) is 0 Å². The van der Waals surface area contributed by atoms with E-state index in [4.69, 9.17) is 0 Å². The number of halogens is 1. The van der Waals surface area contributed by atoms with Crippen molar-refractivity contribution in [2.24, 2.45) is 5.92 Å². The zero-order chi connectivity index (χ0) is 13.3. The average Bonchev–Trinajstić information content (AvgIpc) is 2.32. The minimum atomic E-state index is -0.880. The van der Waals surface area contributed by atoms with Crippen molar-refractivity contribution in [1.29, 1.82) is 0 Å². The van der Waals surface area contributed by atoms with Crippen molar-refractivity contribution < 1.29 is 19.1 Å². The lowest BCUT2D eigenvalue weighted by Gasteiger charge is -2.28. The standard InChI is InChI=1S/C14H15FO3/c1-8-6-9(2-5-13(8)15)12-7-10(16)3-4-11(12)14(17)18/h2,5-6,11-12H,3-4,7H2,1H3,(H,17,18). The number of hydrogen-bond donors (Lipinski definition) is 1. The molecule has 0 radical (unpaired) electrons. The van der Waals surface area contributed by atoms with Gasteiger partial charge in [-0.05, 0) is 30.5 Å². The van der Waals surface area contributed by atoms with Crippen LogP contribution in [0.25, 0.3) is 0 Å². The van der Waals surface area contributed by atoms with Gasteiger partial charge < -0.3 is 5.11 Å². The summed E-state index contributed by atoms with van der Waals surface area (Å²) in [4.78, 5) is 22.7. The number of carboxylic acids is 1. The van der Waals surface area contributed by atoms with Crippen molar-refractivity contribution in [2.45, 2.75) is 32.1 Å². The van der Waals surface area contributed by atoms with E-state index in [1.165, 1.54) is 6.07 Å². The van der Waals surface area contributed by atoms with Gasteiger partial charge >= 0.3 is 5.97 Å². The van der Waals surface area contributed by atoms with Gasteiger partial charge in [0.15, 0.2) is 0 Å². The highest BCUT2D eigenvalue weighted by Gasteiger charge is 2.35. The summed E-state index contributed by atoms with van der Waals surface area (Å²) in [7, 11) is 0. The number of hydrogen-bond acceptors (Lipinski definition) is 2. The van der Waals surface area contributed by atoms with E-state index in [9.17, 15) is 19.1 Å². The molecule has 1 saturated carbocycles. The second kappa shape index (κ2) is 4.88. The lowest BCUT2D eigenvalue weighted by atomic mass is 9.75. The van der Waals surface area contributed by atoms with Gasteiger partial charge in [0.05, 0.1) is 5.92 Å². The molecule has 2 atom stereocenters. The molecule has 96 valence electrons. The van der Waals surface area contributed by atoms with Crippen LogP contribution >= 0.6 is 0 Å². The molecular weight excluding hydrogens is 235 g/mol. The van der Waals surface area contributed by atoms with E-state index in [0.717, 1.165) is 5.56 Å². The molecule has 0 spiro atoms. The molecule has 1 aliphatic rings. The monoisotopic (exact) mass is 250 g/mol. The highest BCUT2D eigenvalue weighted by atomic mass is 19.1. The Bertz CT molecular complexity index is 496. The Hall–Kier alpha value is -1.71. The maximum atomic E-state index is 13.2. The van der Waals surface area contributed by atoms with E-state index in [1.54, 1.807) is 19.1 Å². The van der Waals surface area contributed by atoms with Crippen molar-refractivity contribution in [3.05, 3.63) is 35.1 Å². The van der Waals surface area contributed by atoms with E-state index < -0.39 is 11.9 Å². The van der Waals surface area contributed by atoms with Crippen molar-refractivity contribution in [2.75, 3.05) is 0 Å². The Kier molecular flexibility index (Phi) is 3.45. The molecule has 3 nitrogen and oxygen atoms in total. The number of ketones is 1. The summed E-state index contributed by atoms with van der Waals surface area (Å²) in [6, 6.07) is 4.57. The van der Waals surface area contributed by atoms with Gasteiger partial charge in [-0.2, -0.15) is 0 Å². The van der Waals surface area contributed by atoms with Crippen LogP contribution in [0.1, 0.15) is 36.3 Å². The molecule has 0 saturated heterocycles. The average molecular weight is 250 g/mol. The second-order valence-corrected chi connectivity index (χ2v) is 4.84. The summed E-state index contributed by atoms with van der Waals surface area (Å²) < 4.78 is 13.2. The molecule has 1 aromatic rings. The maximum absolute atomic E-state index is 13.2. The van der Waals surface area contributed by atoms with E-state index in [0.29, 0.717) is 18.4 Å². The third-order valence-electron chi connectivity index (χ3n) is 3.59. The normalized spacial score (nSPS) is 24.0. The van der Waals surface area contributed by atoms with Crippen LogP contribution in [0, 0.1) is 18.7 Å². The molecule has 1 aliphatic carbocycles. The fourth-order valence-corrected chi connectivity index (χ4v) is 2.55. The predicted molar refractivity (Wildman–Crippen MR) is 63.9 cm³/mol. The molecule has 18 heavy (non-hydrogen) atoms. The smallest absolute Gasteiger partial charge is 0.307 e. The second-order valence-electron chi connectivity index (χ2n) is 4.84. The molecule has 1 aromatic carbocycles. The fraction of sp³-hybridized carbons (Fsp3) is 0.429. The number of benzene rings is 1. The molecule has 2 rings (SSSR count). The quantitative estimate of drug-likeness (QED) is 0.878. The predicted octanol–water partition coefficient (Wildman–Crippen LogP) is 2.67. The molecule has 2 unspecified atom stereocenters. The van der Waals surface area contributed by atoms with Crippen LogP contribution in [-0.2, 0) is 9.59 Å². The zero-order valence-electron chi connectivity index (χ0n) is 10.1. The summed E-state index contributed by atoms with van der Waals surface area (Å²) in [5.41, 5.74) is 1.23. The van der Waals surface area contributed by atoms with Crippen LogP contribution in [0.3, 0.4) is 0 Å². The Morgan fingerprint density at radius 1 is 1.44 bits per heavy atom. The number of carbonyl (C=O) groups is 2. The topological polar surface area (TPSA) is 54.4 Å². The maximum Gasteiger partial charge on any atom is 0.307 e. The molecule has 4 heteroatoms. The number of Topliss-reactive ketones (excluding diaryl/α,β-unsaturated/α-hetero) is 1. The van der Waals surface area contributed by atoms with Crippen LogP contribution in [0.15, 0.2) is 18.2 Å². The van der Waals surface area contributed by atoms with Crippen LogP contribution in [0.2, 0.25) is 0 Å². The summed E-state index contributed by atoms with van der Waals surface area (Å²) in [6.45, 7) is 1.64. The third-order valence-corrected chi connectivity index (χ3v) is 3.59. The minimum absolute atomic E-state index is 0.0829. The van der Waals surface area contributed by atoms with E-state index in [-0.39, 0.29) is 23.9 Å². The van der Waals surface area contributed by atoms with Crippen molar-refractivity contribution >= 4 is 11.8 Å². The van der Waals surface area contributed by atoms with Gasteiger partial charge in [0, 0.05) is 18.8 Å². The van der Waals surface area contributed by atoms with Gasteiger partial charge in [0.1, 0.15) is 11.6 Å². The summed E-state index contributed by atoms with van der Waals surface area (Å²) >= 11 is 0. The van der Waals surface area contributed by atoms with Crippen molar-refractivity contribution in [3.8, 4) is 0 Å². The Morgan fingerprint density at radius 2 is 2.17 bits per heavy atom. The van der Waals surface area contributed by atoms with Crippen LogP contribution < -0.4 is 0 Å². The zero-order valence-corrected chi connectivity index (χ0v) is 10.1. The largest absolute Gasteiger partial charge is 0.481 e. The first-order chi connectivity index (χ1) is 8.49. The number of aliphatic carboxylic acids is 1. The minimum Gasteiger partial charge on any atom is -0.481 e. The van der Waals surface area contributed by atoms with Crippen LogP contribution in [0.5, 0.6) is 0 Å². The summed E-state index contributed by atoms with van der Waals surface area (Å²) in [6.07, 6.45) is 0.935. The van der Waals surface area contributed by atoms with Crippen LogP contribution in [0.4, 0.5) is 4.39 Å².